The van der Waals surface area contributed by atoms with Gasteiger partial charge in [-0.25, -0.2) is 4.79 Å². The molecule has 2 aromatic carbocycles. The van der Waals surface area contributed by atoms with Crippen LogP contribution in [0, 0.1) is 5.92 Å². The predicted molar refractivity (Wildman–Crippen MR) is 160 cm³/mol. The van der Waals surface area contributed by atoms with E-state index in [0.717, 1.165) is 22.8 Å². The van der Waals surface area contributed by atoms with Gasteiger partial charge in [0.25, 0.3) is 0 Å². The molecule has 0 spiro atoms. The Morgan fingerprint density at radius 2 is 1.88 bits per heavy atom. The molecule has 2 atom stereocenters. The molecular weight excluding hydrogens is 546 g/mol. The molecule has 1 aliphatic rings. The molecule has 3 heterocycles. The average Bonchev–Trinajstić information content (AvgIpc) is 3.58. The minimum absolute atomic E-state index is 0.117. The van der Waals surface area contributed by atoms with Gasteiger partial charge in [0.1, 0.15) is 6.04 Å². The van der Waals surface area contributed by atoms with Gasteiger partial charge in [-0.2, -0.15) is 0 Å². The number of carbonyl (C=O) groups is 2. The molecule has 2 N–H and O–H groups in total. The van der Waals surface area contributed by atoms with Crippen molar-refractivity contribution in [3.8, 4) is 5.69 Å². The SMILES string of the molecule is COC(=O)c1cccc(-n2cccc2[C@@H]2[C@@H](c3ccccn3)NC(=S)N2c2ccc(NC(=O)C(C)C)c(Cl)c2)c1. The second-order valence-corrected chi connectivity index (χ2v) is 10.4. The van der Waals surface area contributed by atoms with Gasteiger partial charge in [-0.3, -0.25) is 9.78 Å². The Bertz CT molecular complexity index is 1570. The zero-order valence-electron chi connectivity index (χ0n) is 22.2. The molecule has 204 valence electrons. The molecule has 0 radical (unpaired) electrons. The zero-order chi connectivity index (χ0) is 28.4. The summed E-state index contributed by atoms with van der Waals surface area (Å²) in [7, 11) is 1.36. The number of methoxy groups -OCH3 is 1. The molecule has 8 nitrogen and oxygen atoms in total. The number of hydrogen-bond acceptors (Lipinski definition) is 5. The molecule has 10 heteroatoms. The van der Waals surface area contributed by atoms with Crippen molar-refractivity contribution in [3.05, 3.63) is 107 Å². The van der Waals surface area contributed by atoms with Crippen molar-refractivity contribution in [2.45, 2.75) is 25.9 Å². The molecule has 5 rings (SSSR count). The van der Waals surface area contributed by atoms with E-state index in [9.17, 15) is 9.59 Å². The molecule has 0 saturated carbocycles. The Morgan fingerprint density at radius 3 is 2.58 bits per heavy atom. The van der Waals surface area contributed by atoms with Gasteiger partial charge in [-0.15, -0.1) is 0 Å². The van der Waals surface area contributed by atoms with Crippen molar-refractivity contribution < 1.29 is 14.3 Å². The lowest BCUT2D eigenvalue weighted by atomic mass is 10.0. The number of benzene rings is 2. The first-order chi connectivity index (χ1) is 19.3. The summed E-state index contributed by atoms with van der Waals surface area (Å²) >= 11 is 12.5. The fourth-order valence-corrected chi connectivity index (χ4v) is 5.30. The molecule has 1 amide bonds. The second-order valence-electron chi connectivity index (χ2n) is 9.65. The summed E-state index contributed by atoms with van der Waals surface area (Å²) < 4.78 is 6.95. The molecule has 40 heavy (non-hydrogen) atoms. The number of anilines is 2. The van der Waals surface area contributed by atoms with Crippen molar-refractivity contribution in [1.29, 1.82) is 0 Å². The number of esters is 1. The quantitative estimate of drug-likeness (QED) is 0.204. The standard InChI is InChI=1S/C30H28ClN5O3S/c1-18(2)28(37)33-23-13-12-21(17-22(23)31)36-27(26(34-30(36)40)24-10-4-5-14-32-24)25-11-7-15-35(25)20-9-6-8-19(16-20)29(38)39-3/h4-18,26-27H,1-3H3,(H,33,37)(H,34,40)/t26-,27-/m1/s1. The highest BCUT2D eigenvalue weighted by molar-refractivity contribution is 7.80. The molecular formula is C30H28ClN5O3S. The Kier molecular flexibility index (Phi) is 7.86. The van der Waals surface area contributed by atoms with Gasteiger partial charge in [-0.1, -0.05) is 37.6 Å². The fourth-order valence-electron chi connectivity index (χ4n) is 4.74. The van der Waals surface area contributed by atoms with Crippen molar-refractivity contribution in [2.75, 3.05) is 17.3 Å². The first kappa shape index (κ1) is 27.4. The molecule has 1 saturated heterocycles. The highest BCUT2D eigenvalue weighted by Crippen LogP contribution is 2.43. The summed E-state index contributed by atoms with van der Waals surface area (Å²) in [6, 6.07) is 21.8. The van der Waals surface area contributed by atoms with E-state index in [1.807, 2.05) is 78.0 Å². The summed E-state index contributed by atoms with van der Waals surface area (Å²) in [6.07, 6.45) is 3.69. The number of ether oxygens (including phenoxy) is 1. The number of thiocarbonyl (C=S) groups is 1. The number of nitrogens with one attached hydrogen (secondary N) is 2. The fraction of sp³-hybridized carbons (Fsp3) is 0.200. The first-order valence-corrected chi connectivity index (χ1v) is 13.5. The van der Waals surface area contributed by atoms with E-state index in [1.165, 1.54) is 7.11 Å². The normalized spacial score (nSPS) is 16.6. The number of aromatic nitrogens is 2. The van der Waals surface area contributed by atoms with Crippen LogP contribution in [-0.4, -0.2) is 33.6 Å². The van der Waals surface area contributed by atoms with Crippen LogP contribution in [0.25, 0.3) is 5.69 Å². The molecule has 0 bridgehead atoms. The van der Waals surface area contributed by atoms with Crippen LogP contribution in [0.3, 0.4) is 0 Å². The van der Waals surface area contributed by atoms with Crippen molar-refractivity contribution >= 4 is 52.2 Å². The topological polar surface area (TPSA) is 88.5 Å². The zero-order valence-corrected chi connectivity index (χ0v) is 23.7. The van der Waals surface area contributed by atoms with Crippen LogP contribution < -0.4 is 15.5 Å². The van der Waals surface area contributed by atoms with Crippen LogP contribution in [0.4, 0.5) is 11.4 Å². The van der Waals surface area contributed by atoms with E-state index >= 15 is 0 Å². The monoisotopic (exact) mass is 573 g/mol. The number of hydrogen-bond donors (Lipinski definition) is 2. The third-order valence-corrected chi connectivity index (χ3v) is 7.37. The summed E-state index contributed by atoms with van der Waals surface area (Å²) in [4.78, 5) is 31.1. The van der Waals surface area contributed by atoms with Gasteiger partial charge in [-0.05, 0) is 72.9 Å². The Hall–Kier alpha value is -4.21. The van der Waals surface area contributed by atoms with E-state index < -0.39 is 5.97 Å². The van der Waals surface area contributed by atoms with Crippen molar-refractivity contribution in [1.82, 2.24) is 14.9 Å². The van der Waals surface area contributed by atoms with Crippen molar-refractivity contribution in [3.63, 3.8) is 0 Å². The number of halogens is 1. The smallest absolute Gasteiger partial charge is 0.337 e. The first-order valence-electron chi connectivity index (χ1n) is 12.8. The van der Waals surface area contributed by atoms with Crippen LogP contribution >= 0.6 is 23.8 Å². The summed E-state index contributed by atoms with van der Waals surface area (Å²) in [5.41, 5.74) is 4.26. The summed E-state index contributed by atoms with van der Waals surface area (Å²) in [6.45, 7) is 3.65. The van der Waals surface area contributed by atoms with E-state index in [0.29, 0.717) is 21.4 Å². The van der Waals surface area contributed by atoms with Gasteiger partial charge in [0.2, 0.25) is 5.91 Å². The van der Waals surface area contributed by atoms with Gasteiger partial charge < -0.3 is 24.8 Å². The van der Waals surface area contributed by atoms with E-state index in [2.05, 4.69) is 15.6 Å². The van der Waals surface area contributed by atoms with Crippen molar-refractivity contribution in [2.24, 2.45) is 5.92 Å². The number of rotatable bonds is 7. The lowest BCUT2D eigenvalue weighted by Gasteiger charge is -2.29. The van der Waals surface area contributed by atoms with Gasteiger partial charge in [0.15, 0.2) is 5.11 Å². The Morgan fingerprint density at radius 1 is 1.05 bits per heavy atom. The van der Waals surface area contributed by atoms with Gasteiger partial charge in [0, 0.05) is 35.4 Å². The molecule has 2 aromatic heterocycles. The molecule has 0 unspecified atom stereocenters. The second kappa shape index (κ2) is 11.5. The third kappa shape index (κ3) is 5.30. The number of carbonyl (C=O) groups excluding carboxylic acids is 2. The Labute approximate surface area is 242 Å². The Balaban J connectivity index is 1.60. The number of pyridine rings is 1. The number of nitrogens with zero attached hydrogens (tertiary/aromatic N) is 3. The van der Waals surface area contributed by atoms with E-state index in [1.54, 1.807) is 30.5 Å². The predicted octanol–water partition coefficient (Wildman–Crippen LogP) is 6.08. The summed E-state index contributed by atoms with van der Waals surface area (Å²) in [5, 5.41) is 7.23. The molecule has 1 aliphatic heterocycles. The minimum atomic E-state index is -0.411. The highest BCUT2D eigenvalue weighted by Gasteiger charge is 2.42. The van der Waals surface area contributed by atoms with Gasteiger partial charge >= 0.3 is 5.97 Å². The molecule has 4 aromatic rings. The highest BCUT2D eigenvalue weighted by atomic mass is 35.5. The maximum absolute atomic E-state index is 12.3. The lowest BCUT2D eigenvalue weighted by Crippen LogP contribution is -2.30. The number of amides is 1. The maximum Gasteiger partial charge on any atom is 0.337 e. The molecule has 1 fully saturated rings. The maximum atomic E-state index is 12.3. The average molecular weight is 574 g/mol. The van der Waals surface area contributed by atoms with E-state index in [4.69, 9.17) is 28.6 Å². The van der Waals surface area contributed by atoms with E-state index in [-0.39, 0.29) is 23.9 Å². The van der Waals surface area contributed by atoms with Crippen LogP contribution in [0.1, 0.15) is 47.7 Å². The van der Waals surface area contributed by atoms with Gasteiger partial charge in [0.05, 0.1) is 35.1 Å². The minimum Gasteiger partial charge on any atom is -0.465 e. The van der Waals surface area contributed by atoms with Crippen LogP contribution in [0.15, 0.2) is 85.2 Å². The lowest BCUT2D eigenvalue weighted by molar-refractivity contribution is -0.118. The largest absolute Gasteiger partial charge is 0.465 e. The van der Waals surface area contributed by atoms with Crippen LogP contribution in [0.2, 0.25) is 5.02 Å². The third-order valence-electron chi connectivity index (χ3n) is 6.74. The van der Waals surface area contributed by atoms with Crippen LogP contribution in [-0.2, 0) is 9.53 Å². The summed E-state index contributed by atoms with van der Waals surface area (Å²) in [5.74, 6) is -0.709. The molecule has 0 aliphatic carbocycles. The van der Waals surface area contributed by atoms with Crippen LogP contribution in [0.5, 0.6) is 0 Å².